The molecule has 0 atom stereocenters. The Morgan fingerprint density at radius 3 is 2.30 bits per heavy atom. The molecule has 2 aromatic carbocycles. The molecule has 1 N–H and O–H groups in total. The fraction of sp³-hybridized carbons (Fsp3) is 0.292. The van der Waals surface area contributed by atoms with E-state index in [0.717, 1.165) is 19.6 Å². The molecule has 1 aliphatic heterocycles. The lowest BCUT2D eigenvalue weighted by Gasteiger charge is -2.34. The van der Waals surface area contributed by atoms with Crippen LogP contribution in [0.1, 0.15) is 22.8 Å². The number of benzene rings is 2. The van der Waals surface area contributed by atoms with Crippen molar-refractivity contribution >= 4 is 33.0 Å². The minimum absolute atomic E-state index is 0.0360. The summed E-state index contributed by atoms with van der Waals surface area (Å²) < 4.78 is 33.2. The van der Waals surface area contributed by atoms with Crippen molar-refractivity contribution < 1.29 is 17.9 Å². The van der Waals surface area contributed by atoms with Gasteiger partial charge in [-0.3, -0.25) is 14.4 Å². The number of carbonyl (C=O) groups is 1. The Morgan fingerprint density at radius 1 is 1.00 bits per heavy atom. The number of hydrogen-bond donors (Lipinski definition) is 1. The van der Waals surface area contributed by atoms with E-state index in [9.17, 15) is 13.2 Å². The highest BCUT2D eigenvalue weighted by Crippen LogP contribution is 2.20. The van der Waals surface area contributed by atoms with Crippen LogP contribution in [0.15, 0.2) is 70.3 Å². The van der Waals surface area contributed by atoms with Crippen molar-refractivity contribution in [2.24, 2.45) is 0 Å². The maximum Gasteiger partial charge on any atom is 0.261 e. The number of nitrogens with one attached hydrogen (secondary N) is 1. The van der Waals surface area contributed by atoms with Crippen LogP contribution >= 0.6 is 11.3 Å². The third-order valence-electron chi connectivity index (χ3n) is 5.47. The monoisotopic (exact) mass is 485 g/mol. The van der Waals surface area contributed by atoms with E-state index in [1.54, 1.807) is 47.7 Å². The van der Waals surface area contributed by atoms with Crippen LogP contribution in [0.2, 0.25) is 0 Å². The zero-order chi connectivity index (χ0) is 23.3. The van der Waals surface area contributed by atoms with Crippen LogP contribution in [-0.2, 0) is 16.6 Å². The molecular formula is C24H27N3O4S2. The zero-order valence-corrected chi connectivity index (χ0v) is 20.1. The number of piperazine rings is 1. The highest BCUT2D eigenvalue weighted by atomic mass is 32.2. The fourth-order valence-electron chi connectivity index (χ4n) is 3.71. The first-order valence-corrected chi connectivity index (χ1v) is 13.3. The van der Waals surface area contributed by atoms with Gasteiger partial charge in [0.05, 0.1) is 11.5 Å². The highest BCUT2D eigenvalue weighted by molar-refractivity contribution is 7.92. The lowest BCUT2D eigenvalue weighted by molar-refractivity contribution is 0.0628. The zero-order valence-electron chi connectivity index (χ0n) is 18.4. The molecule has 33 heavy (non-hydrogen) atoms. The predicted molar refractivity (Wildman–Crippen MR) is 130 cm³/mol. The van der Waals surface area contributed by atoms with Crippen molar-refractivity contribution in [2.45, 2.75) is 18.4 Å². The van der Waals surface area contributed by atoms with Gasteiger partial charge in [0.25, 0.3) is 15.9 Å². The number of anilines is 1. The van der Waals surface area contributed by atoms with Gasteiger partial charge in [-0.15, -0.1) is 0 Å². The molecule has 0 unspecified atom stereocenters. The van der Waals surface area contributed by atoms with Crippen molar-refractivity contribution in [3.05, 3.63) is 76.5 Å². The molecule has 1 amide bonds. The summed E-state index contributed by atoms with van der Waals surface area (Å²) in [5.74, 6) is 0.581. The van der Waals surface area contributed by atoms with Gasteiger partial charge in [-0.1, -0.05) is 0 Å². The molecule has 0 aliphatic carbocycles. The highest BCUT2D eigenvalue weighted by Gasteiger charge is 2.22. The maximum absolute atomic E-state index is 12.9. The predicted octanol–water partition coefficient (Wildman–Crippen LogP) is 3.91. The van der Waals surface area contributed by atoms with Crippen LogP contribution in [-0.4, -0.2) is 56.9 Å². The summed E-state index contributed by atoms with van der Waals surface area (Å²) in [7, 11) is -3.73. The first-order valence-electron chi connectivity index (χ1n) is 10.8. The third-order valence-corrected chi connectivity index (χ3v) is 7.60. The number of thiophene rings is 1. The Kier molecular flexibility index (Phi) is 7.32. The molecule has 7 nitrogen and oxygen atoms in total. The third kappa shape index (κ3) is 5.93. The van der Waals surface area contributed by atoms with E-state index < -0.39 is 10.0 Å². The molecule has 174 valence electrons. The van der Waals surface area contributed by atoms with Crippen molar-refractivity contribution in [1.82, 2.24) is 9.80 Å². The van der Waals surface area contributed by atoms with E-state index in [1.807, 2.05) is 11.8 Å². The molecule has 3 aromatic rings. The maximum atomic E-state index is 12.9. The van der Waals surface area contributed by atoms with E-state index in [1.165, 1.54) is 17.7 Å². The van der Waals surface area contributed by atoms with Crippen LogP contribution < -0.4 is 9.46 Å². The van der Waals surface area contributed by atoms with Crippen LogP contribution in [0.25, 0.3) is 0 Å². The van der Waals surface area contributed by atoms with E-state index in [0.29, 0.717) is 36.7 Å². The number of carbonyl (C=O) groups excluding carboxylic acids is 1. The summed E-state index contributed by atoms with van der Waals surface area (Å²) in [6.45, 7) is 6.31. The fourth-order valence-corrected chi connectivity index (χ4v) is 5.43. The minimum Gasteiger partial charge on any atom is -0.494 e. The second-order valence-corrected chi connectivity index (χ2v) is 10.2. The quantitative estimate of drug-likeness (QED) is 0.524. The van der Waals surface area contributed by atoms with Gasteiger partial charge in [0.1, 0.15) is 5.75 Å². The van der Waals surface area contributed by atoms with Crippen molar-refractivity contribution in [3.8, 4) is 5.75 Å². The standard InChI is InChI=1S/C24H27N3O4S2/c1-2-31-22-7-9-23(10-8-22)33(29,30)25-21-5-3-20(4-6-21)24(28)27-14-12-26(13-15-27)17-19-11-16-32-18-19/h3-11,16,18,25H,2,12-15,17H2,1H3. The van der Waals surface area contributed by atoms with Crippen LogP contribution in [0, 0.1) is 0 Å². The van der Waals surface area contributed by atoms with Crippen molar-refractivity contribution in [1.29, 1.82) is 0 Å². The largest absolute Gasteiger partial charge is 0.494 e. The smallest absolute Gasteiger partial charge is 0.261 e. The number of ether oxygens (including phenoxy) is 1. The Morgan fingerprint density at radius 2 is 1.70 bits per heavy atom. The number of sulfonamides is 1. The van der Waals surface area contributed by atoms with Crippen molar-refractivity contribution in [3.63, 3.8) is 0 Å². The molecule has 1 aliphatic rings. The number of nitrogens with zero attached hydrogens (tertiary/aromatic N) is 2. The number of rotatable bonds is 8. The molecule has 0 bridgehead atoms. The van der Waals surface area contributed by atoms with E-state index in [4.69, 9.17) is 4.74 Å². The van der Waals surface area contributed by atoms with Gasteiger partial charge < -0.3 is 9.64 Å². The summed E-state index contributed by atoms with van der Waals surface area (Å²) in [4.78, 5) is 17.2. The van der Waals surface area contributed by atoms with Crippen LogP contribution in [0.3, 0.4) is 0 Å². The molecule has 1 fully saturated rings. The minimum atomic E-state index is -3.73. The van der Waals surface area contributed by atoms with Gasteiger partial charge in [0.15, 0.2) is 0 Å². The summed E-state index contributed by atoms with van der Waals surface area (Å²) in [6.07, 6.45) is 0. The van der Waals surface area contributed by atoms with E-state index in [-0.39, 0.29) is 10.8 Å². The number of hydrogen-bond acceptors (Lipinski definition) is 6. The molecule has 4 rings (SSSR count). The number of amides is 1. The average molecular weight is 486 g/mol. The normalized spacial score (nSPS) is 14.8. The molecule has 1 saturated heterocycles. The van der Waals surface area contributed by atoms with Gasteiger partial charge >= 0.3 is 0 Å². The lowest BCUT2D eigenvalue weighted by atomic mass is 10.1. The topological polar surface area (TPSA) is 78.9 Å². The van der Waals surface area contributed by atoms with Gasteiger partial charge in [-0.2, -0.15) is 11.3 Å². The van der Waals surface area contributed by atoms with Crippen LogP contribution in [0.4, 0.5) is 5.69 Å². The van der Waals surface area contributed by atoms with Gasteiger partial charge in [-0.05, 0) is 77.8 Å². The second-order valence-electron chi connectivity index (χ2n) is 7.79. The first kappa shape index (κ1) is 23.3. The molecule has 0 saturated carbocycles. The summed E-state index contributed by atoms with van der Waals surface area (Å²) in [5.41, 5.74) is 2.26. The SMILES string of the molecule is CCOc1ccc(S(=O)(=O)Nc2ccc(C(=O)N3CCN(Cc4ccsc4)CC3)cc2)cc1. The van der Waals surface area contributed by atoms with Gasteiger partial charge in [0, 0.05) is 44.0 Å². The Balaban J connectivity index is 1.33. The summed E-state index contributed by atoms with van der Waals surface area (Å²) in [5, 5.41) is 4.24. The Hall–Kier alpha value is -2.88. The van der Waals surface area contributed by atoms with E-state index >= 15 is 0 Å². The average Bonchev–Trinajstić information content (AvgIpc) is 3.33. The second kappa shape index (κ2) is 10.4. The molecule has 9 heteroatoms. The van der Waals surface area contributed by atoms with E-state index in [2.05, 4.69) is 26.4 Å². The molecule has 1 aromatic heterocycles. The van der Waals surface area contributed by atoms with Crippen LogP contribution in [0.5, 0.6) is 5.75 Å². The molecule has 0 radical (unpaired) electrons. The molecule has 2 heterocycles. The van der Waals surface area contributed by atoms with Gasteiger partial charge in [-0.25, -0.2) is 8.42 Å². The summed E-state index contributed by atoms with van der Waals surface area (Å²) in [6, 6.07) is 14.9. The lowest BCUT2D eigenvalue weighted by Crippen LogP contribution is -2.48. The Bertz CT molecular complexity index is 1150. The molecule has 0 spiro atoms. The van der Waals surface area contributed by atoms with Gasteiger partial charge in [0.2, 0.25) is 0 Å². The molecular weight excluding hydrogens is 458 g/mol. The summed E-state index contributed by atoms with van der Waals surface area (Å²) >= 11 is 1.70. The first-order chi connectivity index (χ1) is 15.9. The van der Waals surface area contributed by atoms with Crippen molar-refractivity contribution in [2.75, 3.05) is 37.5 Å². The Labute approximate surface area is 198 Å².